The van der Waals surface area contributed by atoms with Gasteiger partial charge >= 0.3 is 0 Å². The summed E-state index contributed by atoms with van der Waals surface area (Å²) in [5.74, 6) is 1.48. The van der Waals surface area contributed by atoms with E-state index >= 15 is 0 Å². The van der Waals surface area contributed by atoms with Gasteiger partial charge in [0.15, 0.2) is 0 Å². The van der Waals surface area contributed by atoms with E-state index in [1.165, 1.54) is 12.1 Å². The molecule has 0 radical (unpaired) electrons. The van der Waals surface area contributed by atoms with Crippen molar-refractivity contribution in [2.24, 2.45) is 0 Å². The molecule has 0 aliphatic heterocycles. The first-order valence-electron chi connectivity index (χ1n) is 8.25. The van der Waals surface area contributed by atoms with Gasteiger partial charge in [0.1, 0.15) is 5.82 Å². The van der Waals surface area contributed by atoms with Gasteiger partial charge in [-0.2, -0.15) is 0 Å². The predicted molar refractivity (Wildman–Crippen MR) is 96.7 cm³/mol. The summed E-state index contributed by atoms with van der Waals surface area (Å²) in [7, 11) is -0.746. The molecule has 1 saturated carbocycles. The van der Waals surface area contributed by atoms with E-state index in [4.69, 9.17) is 0 Å². The molecule has 2 aromatic rings. The Bertz CT molecular complexity index is 781. The van der Waals surface area contributed by atoms with Crippen LogP contribution in [0.15, 0.2) is 30.3 Å². The molecule has 6 nitrogen and oxygen atoms in total. The van der Waals surface area contributed by atoms with E-state index in [0.717, 1.165) is 42.4 Å². The Kier molecular flexibility index (Phi) is 5.08. The Morgan fingerprint density at radius 1 is 1.33 bits per heavy atom. The van der Waals surface area contributed by atoms with Crippen molar-refractivity contribution in [3.8, 4) is 0 Å². The first-order valence-corrected chi connectivity index (χ1v) is 9.64. The Morgan fingerprint density at radius 3 is 2.92 bits per heavy atom. The minimum absolute atomic E-state index is 0.0715. The van der Waals surface area contributed by atoms with Gasteiger partial charge in [0, 0.05) is 45.4 Å². The Labute approximate surface area is 143 Å². The van der Waals surface area contributed by atoms with Crippen molar-refractivity contribution >= 4 is 33.2 Å². The normalized spacial score (nSPS) is 22.2. The highest BCUT2D eigenvalue weighted by Gasteiger charge is 2.25. The number of nitro benzene ring substituents is 1. The fourth-order valence-corrected chi connectivity index (χ4v) is 4.61. The first-order chi connectivity index (χ1) is 11.6. The molecule has 1 aliphatic carbocycles. The number of hydrogen-bond donors (Lipinski definition) is 1. The summed E-state index contributed by atoms with van der Waals surface area (Å²) >= 11 is 0. The van der Waals surface area contributed by atoms with E-state index in [0.29, 0.717) is 5.75 Å². The molecule has 3 unspecified atom stereocenters. The molecular weight excluding hydrogens is 326 g/mol. The molecule has 0 spiro atoms. The molecule has 1 N–H and O–H groups in total. The third kappa shape index (κ3) is 3.72. The van der Waals surface area contributed by atoms with Gasteiger partial charge in [-0.3, -0.25) is 14.3 Å². The number of non-ortho nitro benzene ring substituents is 1. The number of pyridine rings is 1. The highest BCUT2D eigenvalue weighted by molar-refractivity contribution is 7.85. The third-order valence-corrected chi connectivity index (χ3v) is 6.26. The lowest BCUT2D eigenvalue weighted by Gasteiger charge is -2.29. The zero-order valence-electron chi connectivity index (χ0n) is 13.6. The molecule has 1 heterocycles. The number of hydrogen-bond acceptors (Lipinski definition) is 5. The summed E-state index contributed by atoms with van der Waals surface area (Å²) in [4.78, 5) is 15.0. The zero-order chi connectivity index (χ0) is 17.1. The lowest BCUT2D eigenvalue weighted by Crippen LogP contribution is -2.33. The molecule has 0 amide bonds. The zero-order valence-corrected chi connectivity index (χ0v) is 14.4. The summed E-state index contributed by atoms with van der Waals surface area (Å²) < 4.78 is 12.0. The molecule has 1 fully saturated rings. The van der Waals surface area contributed by atoms with Gasteiger partial charge in [0.25, 0.3) is 5.69 Å². The second kappa shape index (κ2) is 7.25. The van der Waals surface area contributed by atoms with Crippen molar-refractivity contribution in [1.82, 2.24) is 4.98 Å². The molecule has 1 aliphatic rings. The van der Waals surface area contributed by atoms with Gasteiger partial charge in [-0.15, -0.1) is 0 Å². The number of benzene rings is 1. The minimum Gasteiger partial charge on any atom is -0.367 e. The summed E-state index contributed by atoms with van der Waals surface area (Å²) in [6.07, 6.45) is 4.07. The highest BCUT2D eigenvalue weighted by atomic mass is 32.2. The molecule has 1 aromatic heterocycles. The maximum absolute atomic E-state index is 12.0. The van der Waals surface area contributed by atoms with Gasteiger partial charge < -0.3 is 5.32 Å². The summed E-state index contributed by atoms with van der Waals surface area (Å²) in [5.41, 5.74) is 0.803. The monoisotopic (exact) mass is 347 g/mol. The number of nitro groups is 1. The summed E-state index contributed by atoms with van der Waals surface area (Å²) in [6, 6.07) is 8.67. The van der Waals surface area contributed by atoms with Crippen molar-refractivity contribution in [1.29, 1.82) is 0 Å². The van der Waals surface area contributed by atoms with Crippen LogP contribution in [0.4, 0.5) is 11.5 Å². The largest absolute Gasteiger partial charge is 0.367 e. The molecule has 1 aromatic carbocycles. The van der Waals surface area contributed by atoms with Crippen molar-refractivity contribution in [2.45, 2.75) is 43.9 Å². The van der Waals surface area contributed by atoms with E-state index in [-0.39, 0.29) is 17.0 Å². The van der Waals surface area contributed by atoms with Crippen LogP contribution in [0.1, 0.15) is 32.6 Å². The van der Waals surface area contributed by atoms with Gasteiger partial charge in [-0.05, 0) is 37.5 Å². The van der Waals surface area contributed by atoms with Gasteiger partial charge in [0.2, 0.25) is 0 Å². The molecule has 3 atom stereocenters. The van der Waals surface area contributed by atoms with E-state index in [9.17, 15) is 14.3 Å². The van der Waals surface area contributed by atoms with Crippen LogP contribution in [0.5, 0.6) is 0 Å². The van der Waals surface area contributed by atoms with Crippen LogP contribution in [0, 0.1) is 10.1 Å². The smallest absolute Gasteiger partial charge is 0.270 e. The Morgan fingerprint density at radius 2 is 2.17 bits per heavy atom. The van der Waals surface area contributed by atoms with Crippen molar-refractivity contribution < 1.29 is 9.13 Å². The maximum atomic E-state index is 12.0. The standard InChI is InChI=1S/C17H21N3O3S/c1-2-24(23)15-5-3-4-13(11-15)18-17-9-6-12-10-14(20(21)22)7-8-16(12)19-17/h6-10,13,15H,2-5,11H2,1H3,(H,18,19). The van der Waals surface area contributed by atoms with Crippen molar-refractivity contribution in [3.05, 3.63) is 40.4 Å². The van der Waals surface area contributed by atoms with Crippen molar-refractivity contribution in [2.75, 3.05) is 11.1 Å². The molecule has 24 heavy (non-hydrogen) atoms. The number of aromatic nitrogens is 1. The predicted octanol–water partition coefficient (Wildman–Crippen LogP) is 3.63. The minimum atomic E-state index is -0.746. The second-order valence-corrected chi connectivity index (χ2v) is 8.14. The molecule has 0 saturated heterocycles. The van der Waals surface area contributed by atoms with Gasteiger partial charge in [-0.25, -0.2) is 4.98 Å². The van der Waals surface area contributed by atoms with Crippen LogP contribution in [0.2, 0.25) is 0 Å². The number of anilines is 1. The number of fused-ring (bicyclic) bond motifs is 1. The summed E-state index contributed by atoms with van der Waals surface area (Å²) in [6.45, 7) is 1.97. The van der Waals surface area contributed by atoms with Gasteiger partial charge in [-0.1, -0.05) is 13.3 Å². The second-order valence-electron chi connectivity index (χ2n) is 6.13. The van der Waals surface area contributed by atoms with Crippen LogP contribution in [-0.4, -0.2) is 31.2 Å². The van der Waals surface area contributed by atoms with Gasteiger partial charge in [0.05, 0.1) is 10.4 Å². The average molecular weight is 347 g/mol. The number of nitrogens with one attached hydrogen (secondary N) is 1. The SMILES string of the molecule is CCS(=O)C1CCCC(Nc2ccc3cc([N+](=O)[O-])ccc3n2)C1. The average Bonchev–Trinajstić information content (AvgIpc) is 2.60. The van der Waals surface area contributed by atoms with Crippen LogP contribution in [0.3, 0.4) is 0 Å². The first kappa shape index (κ1) is 16.8. The van der Waals surface area contributed by atoms with E-state index in [2.05, 4.69) is 10.3 Å². The molecule has 128 valence electrons. The quantitative estimate of drug-likeness (QED) is 0.659. The lowest BCUT2D eigenvalue weighted by atomic mass is 9.95. The lowest BCUT2D eigenvalue weighted by molar-refractivity contribution is -0.384. The Balaban J connectivity index is 1.74. The fourth-order valence-electron chi connectivity index (χ4n) is 3.27. The number of rotatable bonds is 5. The highest BCUT2D eigenvalue weighted by Crippen LogP contribution is 2.26. The van der Waals surface area contributed by atoms with E-state index in [1.807, 2.05) is 19.1 Å². The Hall–Kier alpha value is -2.02. The van der Waals surface area contributed by atoms with Crippen LogP contribution in [-0.2, 0) is 10.8 Å². The van der Waals surface area contributed by atoms with E-state index < -0.39 is 15.7 Å². The fraction of sp³-hybridized carbons (Fsp3) is 0.471. The van der Waals surface area contributed by atoms with E-state index in [1.54, 1.807) is 6.07 Å². The van der Waals surface area contributed by atoms with Crippen LogP contribution in [0.25, 0.3) is 10.9 Å². The molecule has 3 rings (SSSR count). The summed E-state index contributed by atoms with van der Waals surface area (Å²) in [5, 5.41) is 15.3. The maximum Gasteiger partial charge on any atom is 0.270 e. The van der Waals surface area contributed by atoms with Crippen LogP contribution < -0.4 is 5.32 Å². The number of nitrogens with zero attached hydrogens (tertiary/aromatic N) is 2. The topological polar surface area (TPSA) is 85.1 Å². The third-order valence-electron chi connectivity index (χ3n) is 4.52. The van der Waals surface area contributed by atoms with Crippen molar-refractivity contribution in [3.63, 3.8) is 0 Å². The van der Waals surface area contributed by atoms with Crippen LogP contribution >= 0.6 is 0 Å². The molecule has 7 heteroatoms. The molecular formula is C17H21N3O3S. The molecule has 0 bridgehead atoms.